The molecule has 5 heteroatoms. The van der Waals surface area contributed by atoms with E-state index < -0.39 is 0 Å². The molecule has 1 saturated carbocycles. The molecule has 0 unspecified atom stereocenters. The molecule has 0 spiro atoms. The number of rotatable bonds is 2. The van der Waals surface area contributed by atoms with Crippen LogP contribution in [0.3, 0.4) is 0 Å². The molecule has 1 aliphatic rings. The van der Waals surface area contributed by atoms with Crippen LogP contribution in [0, 0.1) is 12.7 Å². The lowest BCUT2D eigenvalue weighted by Gasteiger charge is -2.10. The number of thiazole rings is 1. The molecule has 0 N–H and O–H groups in total. The topological polar surface area (TPSA) is 25.8 Å². The molecule has 2 aromatic heterocycles. The summed E-state index contributed by atoms with van der Waals surface area (Å²) in [6.45, 7) is 1.99. The van der Waals surface area contributed by atoms with Gasteiger partial charge in [-0.25, -0.2) is 14.4 Å². The first-order valence-corrected chi connectivity index (χ1v) is 8.47. The molecule has 1 aromatic carbocycles. The third-order valence-corrected chi connectivity index (χ3v) is 5.38. The molecule has 1 fully saturated rings. The van der Waals surface area contributed by atoms with Crippen LogP contribution in [0.25, 0.3) is 21.5 Å². The second kappa shape index (κ2) is 4.85. The molecule has 3 aromatic rings. The number of hydrogen-bond donors (Lipinski definition) is 0. The van der Waals surface area contributed by atoms with Gasteiger partial charge in [-0.1, -0.05) is 23.5 Å². The van der Waals surface area contributed by atoms with E-state index in [1.807, 2.05) is 6.92 Å². The molecule has 2 nitrogen and oxygen atoms in total. The van der Waals surface area contributed by atoms with Crippen molar-refractivity contribution in [2.75, 3.05) is 0 Å². The Bertz CT molecular complexity index is 838. The van der Waals surface area contributed by atoms with Crippen LogP contribution in [0.4, 0.5) is 4.39 Å². The molecular formula is C16H12BrFN2S. The fraction of sp³-hybridized carbons (Fsp3) is 0.250. The SMILES string of the molecule is Cc1nc2c(-c3ccc(F)cc3)c(Br)c(C3CC3)nc2s1. The Morgan fingerprint density at radius 2 is 1.90 bits per heavy atom. The van der Waals surface area contributed by atoms with Crippen LogP contribution in [-0.4, -0.2) is 9.97 Å². The van der Waals surface area contributed by atoms with Crippen molar-refractivity contribution in [3.8, 4) is 11.1 Å². The van der Waals surface area contributed by atoms with E-state index in [2.05, 4.69) is 20.9 Å². The van der Waals surface area contributed by atoms with Gasteiger partial charge < -0.3 is 0 Å². The van der Waals surface area contributed by atoms with Crippen LogP contribution >= 0.6 is 27.3 Å². The second-order valence-electron chi connectivity index (χ2n) is 5.35. The van der Waals surface area contributed by atoms with Gasteiger partial charge in [0.25, 0.3) is 0 Å². The molecule has 0 bridgehead atoms. The van der Waals surface area contributed by atoms with Gasteiger partial charge in [-0.15, -0.1) is 0 Å². The standard InChI is InChI=1S/C16H12BrFN2S/c1-8-19-15-12(9-4-6-11(18)7-5-9)13(17)14(10-2-3-10)20-16(15)21-8/h4-7,10H,2-3H2,1H3. The summed E-state index contributed by atoms with van der Waals surface area (Å²) in [4.78, 5) is 10.4. The molecule has 106 valence electrons. The van der Waals surface area contributed by atoms with Crippen molar-refractivity contribution in [3.05, 3.63) is 45.3 Å². The average Bonchev–Trinajstić information content (AvgIpc) is 3.22. The molecule has 21 heavy (non-hydrogen) atoms. The van der Waals surface area contributed by atoms with Gasteiger partial charge >= 0.3 is 0 Å². The van der Waals surface area contributed by atoms with Gasteiger partial charge in [0.1, 0.15) is 16.2 Å². The lowest BCUT2D eigenvalue weighted by Crippen LogP contribution is -1.94. The molecule has 2 heterocycles. The van der Waals surface area contributed by atoms with Gasteiger partial charge in [0.05, 0.1) is 10.7 Å². The minimum absolute atomic E-state index is 0.225. The highest BCUT2D eigenvalue weighted by Gasteiger charge is 2.30. The summed E-state index contributed by atoms with van der Waals surface area (Å²) in [7, 11) is 0. The van der Waals surface area contributed by atoms with Crippen molar-refractivity contribution in [1.29, 1.82) is 0 Å². The van der Waals surface area contributed by atoms with Crippen molar-refractivity contribution in [3.63, 3.8) is 0 Å². The number of fused-ring (bicyclic) bond motifs is 1. The summed E-state index contributed by atoms with van der Waals surface area (Å²) in [5, 5.41) is 1.00. The van der Waals surface area contributed by atoms with E-state index in [-0.39, 0.29) is 5.82 Å². The van der Waals surface area contributed by atoms with Crippen molar-refractivity contribution < 1.29 is 4.39 Å². The monoisotopic (exact) mass is 362 g/mol. The van der Waals surface area contributed by atoms with E-state index in [9.17, 15) is 4.39 Å². The van der Waals surface area contributed by atoms with E-state index in [4.69, 9.17) is 4.98 Å². The van der Waals surface area contributed by atoms with Crippen molar-refractivity contribution in [1.82, 2.24) is 9.97 Å². The maximum atomic E-state index is 13.2. The molecule has 0 aliphatic heterocycles. The Morgan fingerprint density at radius 3 is 2.57 bits per heavy atom. The van der Waals surface area contributed by atoms with Gasteiger partial charge in [-0.2, -0.15) is 0 Å². The van der Waals surface area contributed by atoms with E-state index in [0.29, 0.717) is 5.92 Å². The summed E-state index contributed by atoms with van der Waals surface area (Å²) in [5.74, 6) is 0.322. The van der Waals surface area contributed by atoms with Gasteiger partial charge in [0, 0.05) is 16.0 Å². The van der Waals surface area contributed by atoms with Crippen molar-refractivity contribution in [2.24, 2.45) is 0 Å². The normalized spacial score (nSPS) is 14.8. The third kappa shape index (κ3) is 2.28. The first-order valence-electron chi connectivity index (χ1n) is 6.86. The maximum absolute atomic E-state index is 13.2. The third-order valence-electron chi connectivity index (χ3n) is 3.72. The average molecular weight is 363 g/mol. The minimum atomic E-state index is -0.225. The summed E-state index contributed by atoms with van der Waals surface area (Å²) in [6, 6.07) is 6.59. The lowest BCUT2D eigenvalue weighted by atomic mass is 10.0. The molecule has 4 rings (SSSR count). The molecule has 0 radical (unpaired) electrons. The Morgan fingerprint density at radius 1 is 1.19 bits per heavy atom. The number of benzene rings is 1. The molecule has 1 aliphatic carbocycles. The summed E-state index contributed by atoms with van der Waals surface area (Å²) < 4.78 is 14.2. The molecule has 0 amide bonds. The number of nitrogens with zero attached hydrogens (tertiary/aromatic N) is 2. The molecular weight excluding hydrogens is 351 g/mol. The van der Waals surface area contributed by atoms with Crippen molar-refractivity contribution in [2.45, 2.75) is 25.7 Å². The van der Waals surface area contributed by atoms with Crippen LogP contribution in [0.5, 0.6) is 0 Å². The van der Waals surface area contributed by atoms with Crippen LogP contribution in [0.15, 0.2) is 28.7 Å². The summed E-state index contributed by atoms with van der Waals surface area (Å²) in [5.41, 5.74) is 4.03. The van der Waals surface area contributed by atoms with Gasteiger partial charge in [0.2, 0.25) is 0 Å². The van der Waals surface area contributed by atoms with Crippen LogP contribution < -0.4 is 0 Å². The highest BCUT2D eigenvalue weighted by molar-refractivity contribution is 9.10. The Labute approximate surface area is 134 Å². The highest BCUT2D eigenvalue weighted by atomic mass is 79.9. The number of hydrogen-bond acceptors (Lipinski definition) is 3. The highest BCUT2D eigenvalue weighted by Crippen LogP contribution is 2.47. The zero-order chi connectivity index (χ0) is 14.6. The number of aryl methyl sites for hydroxylation is 1. The largest absolute Gasteiger partial charge is 0.239 e. The van der Waals surface area contributed by atoms with Gasteiger partial charge in [-0.05, 0) is 53.4 Å². The van der Waals surface area contributed by atoms with E-state index in [1.165, 1.54) is 25.0 Å². The predicted molar refractivity (Wildman–Crippen MR) is 87.2 cm³/mol. The zero-order valence-electron chi connectivity index (χ0n) is 11.4. The zero-order valence-corrected chi connectivity index (χ0v) is 13.8. The second-order valence-corrected chi connectivity index (χ2v) is 7.33. The van der Waals surface area contributed by atoms with Crippen LogP contribution in [-0.2, 0) is 0 Å². The summed E-state index contributed by atoms with van der Waals surface area (Å²) >= 11 is 5.33. The fourth-order valence-corrected chi connectivity index (χ4v) is 4.19. The quantitative estimate of drug-likeness (QED) is 0.605. The Kier molecular flexibility index (Phi) is 3.08. The molecule has 0 saturated heterocycles. The lowest BCUT2D eigenvalue weighted by molar-refractivity contribution is 0.628. The van der Waals surface area contributed by atoms with Gasteiger partial charge in [-0.3, -0.25) is 0 Å². The van der Waals surface area contributed by atoms with E-state index >= 15 is 0 Å². The number of pyridine rings is 1. The maximum Gasteiger partial charge on any atom is 0.144 e. The minimum Gasteiger partial charge on any atom is -0.239 e. The smallest absolute Gasteiger partial charge is 0.144 e. The Balaban J connectivity index is 2.04. The first kappa shape index (κ1) is 13.3. The van der Waals surface area contributed by atoms with Crippen molar-refractivity contribution >= 4 is 37.6 Å². The number of aromatic nitrogens is 2. The molecule has 0 atom stereocenters. The number of halogens is 2. The fourth-order valence-electron chi connectivity index (χ4n) is 2.55. The first-order chi connectivity index (χ1) is 10.1. The van der Waals surface area contributed by atoms with Crippen LogP contribution in [0.1, 0.15) is 29.5 Å². The Hall–Kier alpha value is -1.33. The van der Waals surface area contributed by atoms with Gasteiger partial charge in [0.15, 0.2) is 0 Å². The van der Waals surface area contributed by atoms with E-state index in [1.54, 1.807) is 23.5 Å². The summed E-state index contributed by atoms with van der Waals surface area (Å²) in [6.07, 6.45) is 2.38. The predicted octanol–water partition coefficient (Wildman–Crippen LogP) is 5.45. The van der Waals surface area contributed by atoms with Crippen LogP contribution in [0.2, 0.25) is 0 Å². The van der Waals surface area contributed by atoms with E-state index in [0.717, 1.165) is 36.6 Å².